The van der Waals surface area contributed by atoms with Gasteiger partial charge < -0.3 is 9.80 Å². The van der Waals surface area contributed by atoms with Crippen molar-refractivity contribution < 1.29 is 0 Å². The van der Waals surface area contributed by atoms with Gasteiger partial charge in [0.05, 0.1) is 0 Å². The van der Waals surface area contributed by atoms with Crippen LogP contribution in [0, 0.1) is 0 Å². The summed E-state index contributed by atoms with van der Waals surface area (Å²) in [6, 6.07) is 0. The molecule has 0 aromatic heterocycles. The molecule has 0 spiro atoms. The van der Waals surface area contributed by atoms with Gasteiger partial charge in [-0.05, 0) is 25.7 Å². The Kier molecular flexibility index (Phi) is 24.1. The van der Waals surface area contributed by atoms with E-state index in [1.165, 1.54) is 180 Å². The normalized spacial score (nSPS) is 15.5. The molecule has 2 nitrogen and oxygen atoms in total. The summed E-state index contributed by atoms with van der Waals surface area (Å²) in [6.07, 6.45) is 42.5. The van der Waals surface area contributed by atoms with Crippen molar-refractivity contribution in [2.45, 2.75) is 194 Å². The van der Waals surface area contributed by atoms with Crippen LogP contribution < -0.4 is 0 Å². The van der Waals surface area contributed by atoms with Crippen molar-refractivity contribution in [2.24, 2.45) is 0 Å². The van der Waals surface area contributed by atoms with Crippen LogP contribution in [-0.2, 0) is 0 Å². The molecule has 1 atom stereocenters. The molecule has 36 heavy (non-hydrogen) atoms. The summed E-state index contributed by atoms with van der Waals surface area (Å²) in [6.45, 7) is 9.46. The van der Waals surface area contributed by atoms with E-state index in [1.807, 2.05) is 0 Å². The van der Waals surface area contributed by atoms with Crippen molar-refractivity contribution in [1.29, 1.82) is 0 Å². The van der Waals surface area contributed by atoms with E-state index in [0.717, 1.165) is 0 Å². The fourth-order valence-corrected chi connectivity index (χ4v) is 5.83. The molecular weight excluding hydrogens is 436 g/mol. The van der Waals surface area contributed by atoms with E-state index in [0.29, 0.717) is 6.17 Å². The Labute approximate surface area is 229 Å². The van der Waals surface area contributed by atoms with E-state index in [9.17, 15) is 0 Å². The number of hydrogen-bond donors (Lipinski definition) is 0. The Morgan fingerprint density at radius 2 is 0.639 bits per heavy atom. The van der Waals surface area contributed by atoms with Gasteiger partial charge in [0.15, 0.2) is 0 Å². The lowest BCUT2D eigenvalue weighted by Gasteiger charge is -2.33. The Hall–Kier alpha value is -0.660. The predicted octanol–water partition coefficient (Wildman–Crippen LogP) is 11.6. The van der Waals surface area contributed by atoms with Gasteiger partial charge in [-0.2, -0.15) is 0 Å². The van der Waals surface area contributed by atoms with Crippen molar-refractivity contribution in [3.05, 3.63) is 12.4 Å². The van der Waals surface area contributed by atoms with Gasteiger partial charge in [0.1, 0.15) is 6.17 Å². The highest BCUT2D eigenvalue weighted by Gasteiger charge is 2.24. The third kappa shape index (κ3) is 18.6. The fraction of sp³-hybridized carbons (Fsp3) is 0.941. The average Bonchev–Trinajstić information content (AvgIpc) is 3.27. The molecule has 0 fully saturated rings. The summed E-state index contributed by atoms with van der Waals surface area (Å²) in [5.41, 5.74) is 0. The molecule has 0 amide bonds. The Morgan fingerprint density at radius 1 is 0.361 bits per heavy atom. The van der Waals surface area contributed by atoms with Crippen molar-refractivity contribution in [2.75, 3.05) is 13.1 Å². The van der Waals surface area contributed by atoms with Crippen LogP contribution in [0.2, 0.25) is 0 Å². The van der Waals surface area contributed by atoms with Crippen molar-refractivity contribution in [3.8, 4) is 0 Å². The van der Waals surface area contributed by atoms with Crippen molar-refractivity contribution in [3.63, 3.8) is 0 Å². The quantitative estimate of drug-likeness (QED) is 0.0977. The highest BCUT2D eigenvalue weighted by atomic mass is 15.4. The van der Waals surface area contributed by atoms with Gasteiger partial charge in [-0.3, -0.25) is 0 Å². The predicted molar refractivity (Wildman–Crippen MR) is 163 cm³/mol. The smallest absolute Gasteiger partial charge is 0.101 e. The third-order valence-electron chi connectivity index (χ3n) is 8.32. The molecular formula is C34H68N2. The molecule has 0 aliphatic carbocycles. The summed E-state index contributed by atoms with van der Waals surface area (Å²) < 4.78 is 0. The Bertz CT molecular complexity index is 460. The van der Waals surface area contributed by atoms with Gasteiger partial charge in [0.2, 0.25) is 0 Å². The molecule has 0 radical (unpaired) electrons. The highest BCUT2D eigenvalue weighted by Crippen LogP contribution is 2.24. The molecule has 0 N–H and O–H groups in total. The molecule has 0 aromatic carbocycles. The van der Waals surface area contributed by atoms with Gasteiger partial charge in [-0.15, -0.1) is 0 Å². The van der Waals surface area contributed by atoms with Gasteiger partial charge in [0, 0.05) is 25.5 Å². The van der Waals surface area contributed by atoms with E-state index in [1.54, 1.807) is 0 Å². The first kappa shape index (κ1) is 33.4. The zero-order valence-corrected chi connectivity index (χ0v) is 25.4. The first-order chi connectivity index (χ1) is 17.8. The molecule has 1 heterocycles. The summed E-state index contributed by atoms with van der Waals surface area (Å²) in [5.74, 6) is 0. The molecule has 1 unspecified atom stereocenters. The maximum Gasteiger partial charge on any atom is 0.101 e. The van der Waals surface area contributed by atoms with Crippen LogP contribution in [0.3, 0.4) is 0 Å². The molecule has 1 rings (SSSR count). The average molecular weight is 505 g/mol. The third-order valence-corrected chi connectivity index (χ3v) is 8.32. The fourth-order valence-electron chi connectivity index (χ4n) is 5.83. The van der Waals surface area contributed by atoms with Crippen LogP contribution in [0.4, 0.5) is 0 Å². The second-order valence-electron chi connectivity index (χ2n) is 11.8. The minimum absolute atomic E-state index is 0.643. The van der Waals surface area contributed by atoms with Crippen molar-refractivity contribution in [1.82, 2.24) is 9.80 Å². The first-order valence-electron chi connectivity index (χ1n) is 17.0. The van der Waals surface area contributed by atoms with Crippen LogP contribution >= 0.6 is 0 Å². The zero-order chi connectivity index (χ0) is 25.9. The molecule has 0 saturated carbocycles. The minimum atomic E-state index is 0.643. The Balaban J connectivity index is 2.18. The van der Waals surface area contributed by atoms with Gasteiger partial charge in [0.25, 0.3) is 0 Å². The first-order valence-corrected chi connectivity index (χ1v) is 17.0. The van der Waals surface area contributed by atoms with E-state index in [4.69, 9.17) is 0 Å². The second kappa shape index (κ2) is 26.0. The van der Waals surface area contributed by atoms with Gasteiger partial charge >= 0.3 is 0 Å². The highest BCUT2D eigenvalue weighted by molar-refractivity contribution is 4.97. The standard InChI is InChI=1S/C34H68N2/c1-4-7-10-13-15-16-17-18-19-20-21-23-26-29-34-35(30-27-24-12-9-6-3)32-33-36(34)31-28-25-22-14-11-8-5-2/h32-34H,4-31H2,1-3H3. The lowest BCUT2D eigenvalue weighted by molar-refractivity contribution is 0.135. The van der Waals surface area contributed by atoms with Crippen LogP contribution in [-0.4, -0.2) is 29.1 Å². The Morgan fingerprint density at radius 3 is 0.972 bits per heavy atom. The lowest BCUT2D eigenvalue weighted by Crippen LogP contribution is -2.39. The topological polar surface area (TPSA) is 6.48 Å². The van der Waals surface area contributed by atoms with Gasteiger partial charge in [-0.1, -0.05) is 162 Å². The van der Waals surface area contributed by atoms with E-state index in [2.05, 4.69) is 43.0 Å². The number of rotatable bonds is 28. The van der Waals surface area contributed by atoms with Crippen LogP contribution in [0.5, 0.6) is 0 Å². The molecule has 0 bridgehead atoms. The largest absolute Gasteiger partial charge is 0.356 e. The number of nitrogens with zero attached hydrogens (tertiary/aromatic N) is 2. The molecule has 2 heteroatoms. The molecule has 0 aromatic rings. The zero-order valence-electron chi connectivity index (χ0n) is 25.4. The van der Waals surface area contributed by atoms with Gasteiger partial charge in [-0.25, -0.2) is 0 Å². The summed E-state index contributed by atoms with van der Waals surface area (Å²) in [4.78, 5) is 5.38. The van der Waals surface area contributed by atoms with Crippen molar-refractivity contribution >= 4 is 0 Å². The monoisotopic (exact) mass is 505 g/mol. The van der Waals surface area contributed by atoms with Crippen LogP contribution in [0.15, 0.2) is 12.4 Å². The molecule has 214 valence electrons. The minimum Gasteiger partial charge on any atom is -0.356 e. The van der Waals surface area contributed by atoms with E-state index >= 15 is 0 Å². The number of unbranched alkanes of at least 4 members (excludes halogenated alkanes) is 22. The number of hydrogen-bond acceptors (Lipinski definition) is 2. The van der Waals surface area contributed by atoms with Crippen LogP contribution in [0.25, 0.3) is 0 Å². The molecule has 1 aliphatic rings. The van der Waals surface area contributed by atoms with E-state index < -0.39 is 0 Å². The summed E-state index contributed by atoms with van der Waals surface area (Å²) in [5, 5.41) is 0. The maximum atomic E-state index is 2.69. The SMILES string of the molecule is CCCCCCCCCCCCCCCC1N(CCCCCCC)C=CN1CCCCCCCCC. The molecule has 1 aliphatic heterocycles. The second-order valence-corrected chi connectivity index (χ2v) is 11.8. The summed E-state index contributed by atoms with van der Waals surface area (Å²) in [7, 11) is 0. The molecule has 0 saturated heterocycles. The van der Waals surface area contributed by atoms with E-state index in [-0.39, 0.29) is 0 Å². The maximum absolute atomic E-state index is 2.69. The lowest BCUT2D eigenvalue weighted by atomic mass is 10.0. The summed E-state index contributed by atoms with van der Waals surface area (Å²) >= 11 is 0. The van der Waals surface area contributed by atoms with Crippen LogP contribution in [0.1, 0.15) is 188 Å².